The number of para-hydroxylation sites is 1. The molecule has 1 atom stereocenters. The third-order valence-corrected chi connectivity index (χ3v) is 6.06. The van der Waals surface area contributed by atoms with E-state index in [0.717, 1.165) is 73.9 Å². The van der Waals surface area contributed by atoms with Crippen LogP contribution in [0.2, 0.25) is 0 Å². The first-order valence-electron chi connectivity index (χ1n) is 10.1. The molecule has 0 radical (unpaired) electrons. The van der Waals surface area contributed by atoms with Crippen LogP contribution in [0.15, 0.2) is 34.7 Å². The highest BCUT2D eigenvalue weighted by atomic mass is 16.3. The molecule has 1 fully saturated rings. The number of fused-ring (bicyclic) bond motifs is 2. The zero-order chi connectivity index (χ0) is 19.1. The van der Waals surface area contributed by atoms with E-state index in [-0.39, 0.29) is 11.8 Å². The molecular formula is C21H25N5O2. The van der Waals surface area contributed by atoms with Crippen LogP contribution in [0.25, 0.3) is 11.0 Å². The van der Waals surface area contributed by atoms with Crippen molar-refractivity contribution in [3.8, 4) is 0 Å². The minimum Gasteiger partial charge on any atom is -0.460 e. The fraction of sp³-hybridized carbons (Fsp3) is 0.476. The molecule has 146 valence electrons. The average molecular weight is 379 g/mol. The number of aromatic nitrogens is 3. The zero-order valence-corrected chi connectivity index (χ0v) is 16.1. The van der Waals surface area contributed by atoms with E-state index in [0.29, 0.717) is 5.92 Å². The molecule has 1 aromatic carbocycles. The number of carbonyl (C=O) groups excluding carboxylic acids is 1. The minimum absolute atomic E-state index is 0.143. The molecule has 0 saturated carbocycles. The molecule has 2 aliphatic heterocycles. The van der Waals surface area contributed by atoms with Crippen LogP contribution >= 0.6 is 0 Å². The molecule has 7 nitrogen and oxygen atoms in total. The predicted molar refractivity (Wildman–Crippen MR) is 105 cm³/mol. The number of hydrogen-bond donors (Lipinski definition) is 1. The van der Waals surface area contributed by atoms with E-state index in [4.69, 9.17) is 4.42 Å². The molecule has 1 saturated heterocycles. The molecule has 0 spiro atoms. The molecule has 4 heterocycles. The Morgan fingerprint density at radius 2 is 2.04 bits per heavy atom. The van der Waals surface area contributed by atoms with Crippen molar-refractivity contribution in [1.82, 2.24) is 25.0 Å². The largest absolute Gasteiger partial charge is 0.460 e. The fourth-order valence-corrected chi connectivity index (χ4v) is 4.39. The summed E-state index contributed by atoms with van der Waals surface area (Å²) in [4.78, 5) is 15.0. The molecule has 5 rings (SSSR count). The standard InChI is InChI=1S/C21H25N5O2/c1-14(18-12-16-4-2-3-5-17(16)28-18)21(27)25-9-6-15(7-10-25)20-24-23-19-13-22-8-11-26(19)20/h2-5,12,14-15,22H,6-11,13H2,1H3. The van der Waals surface area contributed by atoms with Crippen LogP contribution in [0.1, 0.15) is 49.0 Å². The summed E-state index contributed by atoms with van der Waals surface area (Å²) in [6.07, 6.45) is 1.87. The van der Waals surface area contributed by atoms with Crippen LogP contribution in [-0.4, -0.2) is 45.2 Å². The van der Waals surface area contributed by atoms with Gasteiger partial charge in [0.05, 0.1) is 12.5 Å². The van der Waals surface area contributed by atoms with Crippen molar-refractivity contribution in [3.63, 3.8) is 0 Å². The Morgan fingerprint density at radius 3 is 2.86 bits per heavy atom. The first-order valence-corrected chi connectivity index (χ1v) is 10.1. The number of carbonyl (C=O) groups is 1. The molecular weight excluding hydrogens is 354 g/mol. The first kappa shape index (κ1) is 17.4. The van der Waals surface area contributed by atoms with Gasteiger partial charge in [0.25, 0.3) is 0 Å². The highest BCUT2D eigenvalue weighted by molar-refractivity contribution is 5.85. The number of likely N-dealkylation sites (tertiary alicyclic amines) is 1. The topological polar surface area (TPSA) is 76.2 Å². The van der Waals surface area contributed by atoms with Crippen molar-refractivity contribution in [2.75, 3.05) is 19.6 Å². The van der Waals surface area contributed by atoms with E-state index in [1.54, 1.807) is 0 Å². The second-order valence-electron chi connectivity index (χ2n) is 7.81. The third-order valence-electron chi connectivity index (χ3n) is 6.06. The van der Waals surface area contributed by atoms with Gasteiger partial charge in [0.1, 0.15) is 23.0 Å². The van der Waals surface area contributed by atoms with Gasteiger partial charge in [-0.15, -0.1) is 10.2 Å². The Morgan fingerprint density at radius 1 is 1.21 bits per heavy atom. The number of piperidine rings is 1. The Labute approximate surface area is 163 Å². The summed E-state index contributed by atoms with van der Waals surface area (Å²) < 4.78 is 8.17. The molecule has 28 heavy (non-hydrogen) atoms. The fourth-order valence-electron chi connectivity index (χ4n) is 4.39. The van der Waals surface area contributed by atoms with Gasteiger partial charge in [-0.05, 0) is 31.9 Å². The number of nitrogens with one attached hydrogen (secondary N) is 1. The number of hydrogen-bond acceptors (Lipinski definition) is 5. The number of amides is 1. The summed E-state index contributed by atoms with van der Waals surface area (Å²) in [7, 11) is 0. The van der Waals surface area contributed by atoms with Crippen LogP contribution in [0.5, 0.6) is 0 Å². The molecule has 2 aliphatic rings. The van der Waals surface area contributed by atoms with Crippen LogP contribution in [-0.2, 0) is 17.9 Å². The van der Waals surface area contributed by atoms with E-state index < -0.39 is 0 Å². The number of furan rings is 1. The quantitative estimate of drug-likeness (QED) is 0.757. The van der Waals surface area contributed by atoms with Gasteiger partial charge in [-0.2, -0.15) is 0 Å². The van der Waals surface area contributed by atoms with Crippen LogP contribution in [0, 0.1) is 0 Å². The highest BCUT2D eigenvalue weighted by Crippen LogP contribution is 2.31. The lowest BCUT2D eigenvalue weighted by molar-refractivity contribution is -0.133. The summed E-state index contributed by atoms with van der Waals surface area (Å²) in [5, 5.41) is 13.2. The molecule has 1 N–H and O–H groups in total. The van der Waals surface area contributed by atoms with Crippen molar-refractivity contribution in [1.29, 1.82) is 0 Å². The molecule has 3 aromatic rings. The normalized spacial score (nSPS) is 19.0. The summed E-state index contributed by atoms with van der Waals surface area (Å²) >= 11 is 0. The van der Waals surface area contributed by atoms with Crippen LogP contribution in [0.4, 0.5) is 0 Å². The minimum atomic E-state index is -0.268. The monoisotopic (exact) mass is 379 g/mol. The Hall–Kier alpha value is -2.67. The Balaban J connectivity index is 1.26. The van der Waals surface area contributed by atoms with Crippen molar-refractivity contribution in [2.45, 2.75) is 44.7 Å². The summed E-state index contributed by atoms with van der Waals surface area (Å²) in [6.45, 7) is 6.14. The molecule has 7 heteroatoms. The summed E-state index contributed by atoms with van der Waals surface area (Å²) in [5.41, 5.74) is 0.835. The van der Waals surface area contributed by atoms with Gasteiger partial charge in [0, 0.05) is 37.5 Å². The highest BCUT2D eigenvalue weighted by Gasteiger charge is 2.31. The first-order chi connectivity index (χ1) is 13.7. The molecule has 1 unspecified atom stereocenters. The van der Waals surface area contributed by atoms with Crippen molar-refractivity contribution < 1.29 is 9.21 Å². The maximum atomic E-state index is 13.0. The van der Waals surface area contributed by atoms with Crippen molar-refractivity contribution in [2.24, 2.45) is 0 Å². The van der Waals surface area contributed by atoms with E-state index in [1.165, 1.54) is 0 Å². The lowest BCUT2D eigenvalue weighted by atomic mass is 9.94. The number of benzene rings is 1. The maximum Gasteiger partial charge on any atom is 0.233 e. The zero-order valence-electron chi connectivity index (χ0n) is 16.1. The second-order valence-corrected chi connectivity index (χ2v) is 7.81. The predicted octanol–water partition coefficient (Wildman–Crippen LogP) is 2.64. The summed E-state index contributed by atoms with van der Waals surface area (Å²) in [6, 6.07) is 9.88. The number of rotatable bonds is 3. The lowest BCUT2D eigenvalue weighted by Crippen LogP contribution is -2.40. The van der Waals surface area contributed by atoms with E-state index in [1.807, 2.05) is 42.2 Å². The molecule has 1 amide bonds. The van der Waals surface area contributed by atoms with E-state index in [9.17, 15) is 4.79 Å². The molecule has 0 aliphatic carbocycles. The van der Waals surface area contributed by atoms with Gasteiger partial charge in [-0.3, -0.25) is 4.79 Å². The van der Waals surface area contributed by atoms with Crippen LogP contribution in [0.3, 0.4) is 0 Å². The van der Waals surface area contributed by atoms with E-state index >= 15 is 0 Å². The van der Waals surface area contributed by atoms with Crippen LogP contribution < -0.4 is 5.32 Å². The Bertz CT molecular complexity index is 966. The van der Waals surface area contributed by atoms with E-state index in [2.05, 4.69) is 20.1 Å². The average Bonchev–Trinajstić information content (AvgIpc) is 3.37. The SMILES string of the molecule is CC(C(=O)N1CCC(c2nnc3n2CCNC3)CC1)c1cc2ccccc2o1. The van der Waals surface area contributed by atoms with Gasteiger partial charge in [-0.25, -0.2) is 0 Å². The van der Waals surface area contributed by atoms with Crippen molar-refractivity contribution >= 4 is 16.9 Å². The van der Waals surface area contributed by atoms with Crippen molar-refractivity contribution in [3.05, 3.63) is 47.7 Å². The molecule has 0 bridgehead atoms. The van der Waals surface area contributed by atoms with Gasteiger partial charge >= 0.3 is 0 Å². The van der Waals surface area contributed by atoms with Gasteiger partial charge in [0.15, 0.2) is 0 Å². The summed E-state index contributed by atoms with van der Waals surface area (Å²) in [5.74, 6) is 3.12. The molecule has 2 aromatic heterocycles. The third kappa shape index (κ3) is 2.99. The van der Waals surface area contributed by atoms with Gasteiger partial charge in [-0.1, -0.05) is 18.2 Å². The maximum absolute atomic E-state index is 13.0. The lowest BCUT2D eigenvalue weighted by Gasteiger charge is -2.33. The smallest absolute Gasteiger partial charge is 0.233 e. The van der Waals surface area contributed by atoms with Gasteiger partial charge in [0.2, 0.25) is 5.91 Å². The number of nitrogens with zero attached hydrogens (tertiary/aromatic N) is 4. The Kier molecular flexibility index (Phi) is 4.39. The second kappa shape index (κ2) is 7.05. The van der Waals surface area contributed by atoms with Gasteiger partial charge < -0.3 is 19.2 Å².